The van der Waals surface area contributed by atoms with Crippen molar-refractivity contribution in [2.45, 2.75) is 38.8 Å². The summed E-state index contributed by atoms with van der Waals surface area (Å²) in [4.78, 5) is 4.95. The first-order valence-corrected chi connectivity index (χ1v) is 7.71. The quantitative estimate of drug-likeness (QED) is 0.911. The summed E-state index contributed by atoms with van der Waals surface area (Å²) in [5, 5.41) is 3.37. The molecule has 112 valence electrons. The van der Waals surface area contributed by atoms with Gasteiger partial charge in [-0.15, -0.1) is 0 Å². The first kappa shape index (κ1) is 15.3. The standard InChI is InChI=1S/C17H29N3/c1-6-16(18-4)14-7-9-15(10-8-14)20-12-11-19(5)17(2,3)13-20/h7-10,16,18H,6,11-13H2,1-5H3. The van der Waals surface area contributed by atoms with Gasteiger partial charge in [0.2, 0.25) is 0 Å². The van der Waals surface area contributed by atoms with Crippen molar-refractivity contribution in [2.24, 2.45) is 0 Å². The molecule has 1 heterocycles. The van der Waals surface area contributed by atoms with Crippen molar-refractivity contribution < 1.29 is 0 Å². The molecule has 2 rings (SSSR count). The van der Waals surface area contributed by atoms with Crippen LogP contribution in [0.2, 0.25) is 0 Å². The van der Waals surface area contributed by atoms with E-state index in [4.69, 9.17) is 0 Å². The van der Waals surface area contributed by atoms with Crippen LogP contribution < -0.4 is 10.2 Å². The monoisotopic (exact) mass is 275 g/mol. The molecular formula is C17H29N3. The Balaban J connectivity index is 2.10. The van der Waals surface area contributed by atoms with E-state index >= 15 is 0 Å². The number of nitrogens with zero attached hydrogens (tertiary/aromatic N) is 2. The summed E-state index contributed by atoms with van der Waals surface area (Å²) in [6.07, 6.45) is 1.12. The Kier molecular flexibility index (Phi) is 4.71. The van der Waals surface area contributed by atoms with Crippen LogP contribution in [0.25, 0.3) is 0 Å². The van der Waals surface area contributed by atoms with Gasteiger partial charge in [-0.3, -0.25) is 4.90 Å². The minimum atomic E-state index is 0.244. The molecule has 0 aromatic heterocycles. The molecule has 0 radical (unpaired) electrons. The van der Waals surface area contributed by atoms with Gasteiger partial charge in [0.15, 0.2) is 0 Å². The van der Waals surface area contributed by atoms with Gasteiger partial charge >= 0.3 is 0 Å². The van der Waals surface area contributed by atoms with Crippen molar-refractivity contribution in [3.05, 3.63) is 29.8 Å². The van der Waals surface area contributed by atoms with E-state index in [1.54, 1.807) is 0 Å². The van der Waals surface area contributed by atoms with Gasteiger partial charge in [-0.25, -0.2) is 0 Å². The van der Waals surface area contributed by atoms with E-state index in [1.807, 2.05) is 7.05 Å². The zero-order valence-corrected chi connectivity index (χ0v) is 13.6. The lowest BCUT2D eigenvalue weighted by Crippen LogP contribution is -2.57. The number of benzene rings is 1. The van der Waals surface area contributed by atoms with Crippen LogP contribution in [0.1, 0.15) is 38.8 Å². The maximum atomic E-state index is 3.37. The summed E-state index contributed by atoms with van der Waals surface area (Å²) in [5.74, 6) is 0. The summed E-state index contributed by atoms with van der Waals surface area (Å²) < 4.78 is 0. The molecule has 1 N–H and O–H groups in total. The van der Waals surface area contributed by atoms with Crippen LogP contribution in [0.4, 0.5) is 5.69 Å². The molecule has 20 heavy (non-hydrogen) atoms. The normalized spacial score (nSPS) is 20.9. The fourth-order valence-corrected chi connectivity index (χ4v) is 2.98. The van der Waals surface area contributed by atoms with Crippen LogP contribution >= 0.6 is 0 Å². The second-order valence-electron chi connectivity index (χ2n) is 6.50. The fourth-order valence-electron chi connectivity index (χ4n) is 2.98. The summed E-state index contributed by atoms with van der Waals surface area (Å²) >= 11 is 0. The van der Waals surface area contributed by atoms with Crippen molar-refractivity contribution >= 4 is 5.69 Å². The number of nitrogens with one attached hydrogen (secondary N) is 1. The highest BCUT2D eigenvalue weighted by atomic mass is 15.3. The van der Waals surface area contributed by atoms with Crippen LogP contribution in [0, 0.1) is 0 Å². The van der Waals surface area contributed by atoms with E-state index in [2.05, 4.69) is 67.2 Å². The van der Waals surface area contributed by atoms with Crippen molar-refractivity contribution in [3.8, 4) is 0 Å². The Hall–Kier alpha value is -1.06. The third-order valence-electron chi connectivity index (χ3n) is 4.73. The predicted molar refractivity (Wildman–Crippen MR) is 87.5 cm³/mol. The molecule has 1 aliphatic heterocycles. The number of rotatable bonds is 4. The molecule has 1 atom stereocenters. The Morgan fingerprint density at radius 1 is 1.20 bits per heavy atom. The summed E-state index contributed by atoms with van der Waals surface area (Å²) in [6.45, 7) is 10.2. The average molecular weight is 275 g/mol. The lowest BCUT2D eigenvalue weighted by molar-refractivity contribution is 0.139. The van der Waals surface area contributed by atoms with Gasteiger partial charge in [-0.1, -0.05) is 19.1 Å². The lowest BCUT2D eigenvalue weighted by atomic mass is 9.98. The molecule has 0 aliphatic carbocycles. The molecule has 0 bridgehead atoms. The molecule has 1 fully saturated rings. The van der Waals surface area contributed by atoms with Crippen molar-refractivity contribution in [2.75, 3.05) is 38.6 Å². The van der Waals surface area contributed by atoms with Crippen molar-refractivity contribution in [1.82, 2.24) is 10.2 Å². The maximum absolute atomic E-state index is 3.37. The second kappa shape index (κ2) is 6.15. The number of likely N-dealkylation sites (N-methyl/N-ethyl adjacent to an activating group) is 1. The highest BCUT2D eigenvalue weighted by Gasteiger charge is 2.31. The summed E-state index contributed by atoms with van der Waals surface area (Å²) in [5.41, 5.74) is 2.97. The Morgan fingerprint density at radius 2 is 1.85 bits per heavy atom. The van der Waals surface area contributed by atoms with Gasteiger partial charge in [-0.2, -0.15) is 0 Å². The third kappa shape index (κ3) is 3.15. The highest BCUT2D eigenvalue weighted by Crippen LogP contribution is 2.26. The smallest absolute Gasteiger partial charge is 0.0367 e. The Morgan fingerprint density at radius 3 is 2.35 bits per heavy atom. The number of hydrogen-bond acceptors (Lipinski definition) is 3. The van der Waals surface area contributed by atoms with Crippen molar-refractivity contribution in [1.29, 1.82) is 0 Å². The van der Waals surface area contributed by atoms with E-state index in [9.17, 15) is 0 Å². The zero-order valence-electron chi connectivity index (χ0n) is 13.6. The molecule has 1 aromatic rings. The molecule has 0 saturated carbocycles. The van der Waals surface area contributed by atoms with E-state index in [-0.39, 0.29) is 5.54 Å². The minimum Gasteiger partial charge on any atom is -0.368 e. The van der Waals surface area contributed by atoms with Crippen LogP contribution in [-0.4, -0.2) is 44.2 Å². The SMILES string of the molecule is CCC(NC)c1ccc(N2CCN(C)C(C)(C)C2)cc1. The Bertz CT molecular complexity index is 420. The molecule has 1 unspecified atom stereocenters. The molecule has 1 aliphatic rings. The molecule has 3 nitrogen and oxygen atoms in total. The summed E-state index contributed by atoms with van der Waals surface area (Å²) in [7, 11) is 4.25. The predicted octanol–water partition coefficient (Wildman–Crippen LogP) is 2.89. The highest BCUT2D eigenvalue weighted by molar-refractivity contribution is 5.49. The van der Waals surface area contributed by atoms with Gasteiger partial charge in [0.05, 0.1) is 0 Å². The van der Waals surface area contributed by atoms with E-state index in [0.717, 1.165) is 26.1 Å². The van der Waals surface area contributed by atoms with Crippen LogP contribution in [0.15, 0.2) is 24.3 Å². The number of hydrogen-bond donors (Lipinski definition) is 1. The lowest BCUT2D eigenvalue weighted by Gasteiger charge is -2.46. The molecule has 1 saturated heterocycles. The first-order chi connectivity index (χ1) is 9.47. The van der Waals surface area contributed by atoms with E-state index in [1.165, 1.54) is 11.3 Å². The van der Waals surface area contributed by atoms with E-state index < -0.39 is 0 Å². The average Bonchev–Trinajstić information content (AvgIpc) is 2.44. The van der Waals surface area contributed by atoms with Gasteiger partial charge in [-0.05, 0) is 52.1 Å². The zero-order chi connectivity index (χ0) is 14.8. The molecule has 0 amide bonds. The van der Waals surface area contributed by atoms with Gasteiger partial charge in [0, 0.05) is 36.9 Å². The largest absolute Gasteiger partial charge is 0.368 e. The second-order valence-corrected chi connectivity index (χ2v) is 6.50. The number of anilines is 1. The van der Waals surface area contributed by atoms with Gasteiger partial charge in [0.1, 0.15) is 0 Å². The molecule has 1 aromatic carbocycles. The van der Waals surface area contributed by atoms with Crippen molar-refractivity contribution in [3.63, 3.8) is 0 Å². The third-order valence-corrected chi connectivity index (χ3v) is 4.73. The van der Waals surface area contributed by atoms with E-state index in [0.29, 0.717) is 6.04 Å². The van der Waals surface area contributed by atoms with Crippen LogP contribution in [0.3, 0.4) is 0 Å². The number of piperazine rings is 1. The van der Waals surface area contributed by atoms with Crippen LogP contribution in [0.5, 0.6) is 0 Å². The summed E-state index contributed by atoms with van der Waals surface area (Å²) in [6, 6.07) is 9.55. The molecular weight excluding hydrogens is 246 g/mol. The topological polar surface area (TPSA) is 18.5 Å². The maximum Gasteiger partial charge on any atom is 0.0367 e. The Labute approximate surface area is 124 Å². The van der Waals surface area contributed by atoms with Gasteiger partial charge in [0.25, 0.3) is 0 Å². The molecule has 0 spiro atoms. The molecule has 3 heteroatoms. The van der Waals surface area contributed by atoms with Gasteiger partial charge < -0.3 is 10.2 Å². The fraction of sp³-hybridized carbons (Fsp3) is 0.647. The van der Waals surface area contributed by atoms with Crippen LogP contribution in [-0.2, 0) is 0 Å². The minimum absolute atomic E-state index is 0.244. The first-order valence-electron chi connectivity index (χ1n) is 7.71.